The number of hydrogen-bond acceptors (Lipinski definition) is 7. The fourth-order valence-electron chi connectivity index (χ4n) is 4.66. The van der Waals surface area contributed by atoms with Crippen LogP contribution in [0, 0.1) is 5.92 Å². The minimum Gasteiger partial charge on any atom is -0.480 e. The van der Waals surface area contributed by atoms with Gasteiger partial charge >= 0.3 is 5.97 Å². The van der Waals surface area contributed by atoms with Crippen molar-refractivity contribution < 1.29 is 23.9 Å². The molecule has 0 spiro atoms. The second-order valence-electron chi connectivity index (χ2n) is 9.29. The Bertz CT molecular complexity index is 1330. The van der Waals surface area contributed by atoms with Crippen LogP contribution in [0.1, 0.15) is 45.5 Å². The molecule has 1 aromatic carbocycles. The van der Waals surface area contributed by atoms with Gasteiger partial charge in [0.25, 0.3) is 11.8 Å². The number of hydrogen-bond donors (Lipinski definition) is 4. The number of halogens is 1. The molecule has 4 N–H and O–H groups in total. The summed E-state index contributed by atoms with van der Waals surface area (Å²) in [6, 6.07) is 8.94. The van der Waals surface area contributed by atoms with E-state index in [4.69, 9.17) is 0 Å². The molecule has 0 radical (unpaired) electrons. The minimum atomic E-state index is -1.73. The Kier molecular flexibility index (Phi) is 7.63. The van der Waals surface area contributed by atoms with E-state index in [-0.39, 0.29) is 12.1 Å². The topological polar surface area (TPSA) is 120 Å². The van der Waals surface area contributed by atoms with Gasteiger partial charge in [-0.1, -0.05) is 18.2 Å². The monoisotopic (exact) mass is 542 g/mol. The molecule has 2 atom stereocenters. The zero-order valence-electron chi connectivity index (χ0n) is 20.0. The number of thiophene rings is 2. The predicted molar refractivity (Wildman–Crippen MR) is 143 cm³/mol. The predicted octanol–water partition coefficient (Wildman–Crippen LogP) is 3.99. The largest absolute Gasteiger partial charge is 0.480 e. The van der Waals surface area contributed by atoms with Gasteiger partial charge < -0.3 is 21.1 Å². The third-order valence-electron chi connectivity index (χ3n) is 6.74. The second-order valence-corrected chi connectivity index (χ2v) is 11.7. The lowest BCUT2D eigenvalue weighted by Crippen LogP contribution is -2.50. The molecule has 8 nitrogen and oxygen atoms in total. The maximum absolute atomic E-state index is 14.7. The second kappa shape index (κ2) is 11.1. The van der Waals surface area contributed by atoms with Gasteiger partial charge in [0.1, 0.15) is 11.8 Å². The lowest BCUT2D eigenvalue weighted by Gasteiger charge is -2.22. The van der Waals surface area contributed by atoms with Crippen LogP contribution in [0.2, 0.25) is 0 Å². The molecule has 1 saturated heterocycles. The molecule has 2 aliphatic rings. The number of carboxylic acid groups (broad SMARTS) is 1. The van der Waals surface area contributed by atoms with Crippen molar-refractivity contribution in [1.29, 1.82) is 0 Å². The first-order chi connectivity index (χ1) is 17.9. The first kappa shape index (κ1) is 25.5. The SMILES string of the molecule is O=C(N[C@@H](CNC(=O)c1cc2cc(CCC3CCNCC3)sc2s1)C(=O)O)C1=Nc2ccccc2C1F. The number of carboxylic acids is 1. The molecule has 0 bridgehead atoms. The Hall–Kier alpha value is -3.15. The van der Waals surface area contributed by atoms with Crippen molar-refractivity contribution in [3.63, 3.8) is 0 Å². The van der Waals surface area contributed by atoms with Gasteiger partial charge in [-0.2, -0.15) is 0 Å². The van der Waals surface area contributed by atoms with E-state index in [1.807, 2.05) is 6.07 Å². The molecule has 4 heterocycles. The number of piperidine rings is 1. The average Bonchev–Trinajstić information content (AvgIpc) is 3.57. The van der Waals surface area contributed by atoms with Gasteiger partial charge in [0.05, 0.1) is 14.6 Å². The maximum Gasteiger partial charge on any atom is 0.328 e. The Labute approximate surface area is 221 Å². The van der Waals surface area contributed by atoms with E-state index in [1.165, 1.54) is 41.5 Å². The highest BCUT2D eigenvalue weighted by Gasteiger charge is 2.34. The van der Waals surface area contributed by atoms with Crippen LogP contribution in [0.15, 0.2) is 41.4 Å². The van der Waals surface area contributed by atoms with Crippen LogP contribution >= 0.6 is 22.7 Å². The summed E-state index contributed by atoms with van der Waals surface area (Å²) in [7, 11) is 0. The first-order valence-corrected chi connectivity index (χ1v) is 13.9. The number of carbonyl (C=O) groups excluding carboxylic acids is 2. The lowest BCUT2D eigenvalue weighted by molar-refractivity contribution is -0.140. The summed E-state index contributed by atoms with van der Waals surface area (Å²) in [6.07, 6.45) is 2.92. The smallest absolute Gasteiger partial charge is 0.328 e. The van der Waals surface area contributed by atoms with Crippen LogP contribution in [-0.4, -0.2) is 54.3 Å². The molecule has 2 aromatic heterocycles. The van der Waals surface area contributed by atoms with Crippen molar-refractivity contribution in [3.05, 3.63) is 51.7 Å². The standard InChI is InChI=1S/C26H27FN4O4S2/c27-21-17-3-1-2-4-18(17)30-22(21)24(33)31-19(25(34)35)13-29-23(32)20-12-15-11-16(36-26(15)37-20)6-5-14-7-9-28-10-8-14/h1-4,11-12,14,19,21,28H,5-10,13H2,(H,29,32)(H,31,33)(H,34,35)/t19-,21?/m0/s1. The highest BCUT2D eigenvalue weighted by molar-refractivity contribution is 7.39. The van der Waals surface area contributed by atoms with Gasteiger partial charge in [0.2, 0.25) is 0 Å². The molecular weight excluding hydrogens is 515 g/mol. The number of nitrogens with zero attached hydrogens (tertiary/aromatic N) is 1. The Morgan fingerprint density at radius 1 is 1.14 bits per heavy atom. The summed E-state index contributed by atoms with van der Waals surface area (Å²) in [4.78, 5) is 42.8. The number of fused-ring (bicyclic) bond motifs is 2. The van der Waals surface area contributed by atoms with Crippen LogP contribution in [0.5, 0.6) is 0 Å². The lowest BCUT2D eigenvalue weighted by atomic mass is 9.93. The highest BCUT2D eigenvalue weighted by Crippen LogP contribution is 2.36. The maximum atomic E-state index is 14.7. The number of aliphatic imine (C=N–C) groups is 1. The Balaban J connectivity index is 1.16. The van der Waals surface area contributed by atoms with Crippen LogP contribution < -0.4 is 16.0 Å². The third-order valence-corrected chi connectivity index (χ3v) is 9.19. The zero-order valence-corrected chi connectivity index (χ0v) is 21.6. The molecule has 37 heavy (non-hydrogen) atoms. The van der Waals surface area contributed by atoms with Crippen molar-refractivity contribution in [2.75, 3.05) is 19.6 Å². The molecule has 0 saturated carbocycles. The van der Waals surface area contributed by atoms with Gasteiger partial charge in [-0.05, 0) is 62.9 Å². The number of aliphatic carboxylic acids is 1. The summed E-state index contributed by atoms with van der Waals surface area (Å²) in [6.45, 7) is 1.84. The number of rotatable bonds is 9. The van der Waals surface area contributed by atoms with E-state index < -0.39 is 35.7 Å². The minimum absolute atomic E-state index is 0.264. The van der Waals surface area contributed by atoms with Gasteiger partial charge in [-0.25, -0.2) is 14.2 Å². The number of benzene rings is 1. The van der Waals surface area contributed by atoms with Crippen LogP contribution in [0.25, 0.3) is 9.40 Å². The van der Waals surface area contributed by atoms with E-state index in [1.54, 1.807) is 29.5 Å². The van der Waals surface area contributed by atoms with Gasteiger partial charge in [-0.15, -0.1) is 22.7 Å². The number of para-hydroxylation sites is 1. The van der Waals surface area contributed by atoms with Gasteiger partial charge in [0, 0.05) is 22.4 Å². The summed E-state index contributed by atoms with van der Waals surface area (Å²) in [5.41, 5.74) is 0.209. The molecule has 5 rings (SSSR count). The molecule has 0 aliphatic carbocycles. The van der Waals surface area contributed by atoms with E-state index >= 15 is 0 Å². The molecule has 2 aliphatic heterocycles. The number of amides is 2. The van der Waals surface area contributed by atoms with Crippen molar-refractivity contribution in [2.45, 2.75) is 37.9 Å². The van der Waals surface area contributed by atoms with Crippen LogP contribution in [-0.2, 0) is 16.0 Å². The van der Waals surface area contributed by atoms with E-state index in [9.17, 15) is 23.9 Å². The third kappa shape index (κ3) is 5.73. The van der Waals surface area contributed by atoms with Crippen molar-refractivity contribution in [3.8, 4) is 0 Å². The molecule has 2 amide bonds. The average molecular weight is 543 g/mol. The number of alkyl halides is 1. The fraction of sp³-hybridized carbons (Fsp3) is 0.385. The van der Waals surface area contributed by atoms with Crippen molar-refractivity contribution in [1.82, 2.24) is 16.0 Å². The first-order valence-electron chi connectivity index (χ1n) is 12.3. The molecule has 1 unspecified atom stereocenters. The van der Waals surface area contributed by atoms with Crippen LogP contribution in [0.4, 0.5) is 10.1 Å². The summed E-state index contributed by atoms with van der Waals surface area (Å²) in [5, 5.41) is 18.8. The Morgan fingerprint density at radius 2 is 1.92 bits per heavy atom. The molecule has 11 heteroatoms. The van der Waals surface area contributed by atoms with E-state index in [0.717, 1.165) is 34.8 Å². The van der Waals surface area contributed by atoms with Crippen LogP contribution in [0.3, 0.4) is 0 Å². The van der Waals surface area contributed by atoms with Crippen molar-refractivity contribution >= 4 is 61.3 Å². The number of carbonyl (C=O) groups is 3. The zero-order chi connectivity index (χ0) is 25.9. The van der Waals surface area contributed by atoms with E-state index in [0.29, 0.717) is 10.6 Å². The van der Waals surface area contributed by atoms with E-state index in [2.05, 4.69) is 27.0 Å². The summed E-state index contributed by atoms with van der Waals surface area (Å²) >= 11 is 3.06. The van der Waals surface area contributed by atoms with Crippen molar-refractivity contribution in [2.24, 2.45) is 10.9 Å². The number of aryl methyl sites for hydroxylation is 1. The number of nitrogens with one attached hydrogen (secondary N) is 3. The molecule has 3 aromatic rings. The molecule has 1 fully saturated rings. The van der Waals surface area contributed by atoms with Gasteiger partial charge in [0.15, 0.2) is 6.17 Å². The van der Waals surface area contributed by atoms with Gasteiger partial charge in [-0.3, -0.25) is 9.59 Å². The fourth-order valence-corrected chi connectivity index (χ4v) is 7.08. The quantitative estimate of drug-likeness (QED) is 0.326. The Morgan fingerprint density at radius 3 is 2.65 bits per heavy atom. The molecule has 194 valence electrons. The molecular formula is C26H27FN4O4S2. The summed E-state index contributed by atoms with van der Waals surface area (Å²) in [5.74, 6) is -1.92. The highest BCUT2D eigenvalue weighted by atomic mass is 32.2. The normalized spacial score (nSPS) is 18.3. The summed E-state index contributed by atoms with van der Waals surface area (Å²) < 4.78 is 15.7.